The van der Waals surface area contributed by atoms with Crippen LogP contribution in [-0.4, -0.2) is 12.1 Å². The van der Waals surface area contributed by atoms with Gasteiger partial charge in [0.15, 0.2) is 0 Å². The van der Waals surface area contributed by atoms with Gasteiger partial charge in [0.2, 0.25) is 0 Å². The second-order valence-electron chi connectivity index (χ2n) is 5.64. The molecule has 0 radical (unpaired) electrons. The summed E-state index contributed by atoms with van der Waals surface area (Å²) >= 11 is 0. The monoisotopic (exact) mass is 231 g/mol. The number of benzene rings is 1. The zero-order valence-electron chi connectivity index (χ0n) is 11.3. The minimum absolute atomic E-state index is 0.310. The summed E-state index contributed by atoms with van der Waals surface area (Å²) < 4.78 is 0. The molecule has 1 saturated heterocycles. The van der Waals surface area contributed by atoms with Crippen LogP contribution in [0.1, 0.15) is 50.7 Å². The summed E-state index contributed by atoms with van der Waals surface area (Å²) in [7, 11) is 0. The molecule has 0 saturated carbocycles. The predicted octanol–water partition coefficient (Wildman–Crippen LogP) is 3.71. The first-order valence-electron chi connectivity index (χ1n) is 7.05. The van der Waals surface area contributed by atoms with Gasteiger partial charge in [-0.15, -0.1) is 0 Å². The largest absolute Gasteiger partial charge is 0.311 e. The molecule has 1 atom stereocenters. The van der Waals surface area contributed by atoms with Crippen molar-refractivity contribution in [3.8, 4) is 0 Å². The molecule has 1 unspecified atom stereocenters. The van der Waals surface area contributed by atoms with Gasteiger partial charge in [-0.05, 0) is 50.3 Å². The third kappa shape index (κ3) is 3.57. The number of hydrogen-bond acceptors (Lipinski definition) is 1. The standard InChI is InChI=1S/C16H25N/c1-3-14-7-9-15(10-8-14)13-16(2)11-5-4-6-12-17-16/h7-10,17H,3-6,11-13H2,1-2H3. The summed E-state index contributed by atoms with van der Waals surface area (Å²) in [6.07, 6.45) is 7.70. The van der Waals surface area contributed by atoms with Gasteiger partial charge in [0, 0.05) is 5.54 Å². The molecule has 1 N–H and O–H groups in total. The van der Waals surface area contributed by atoms with E-state index < -0.39 is 0 Å². The van der Waals surface area contributed by atoms with Crippen LogP contribution >= 0.6 is 0 Å². The quantitative estimate of drug-likeness (QED) is 0.836. The van der Waals surface area contributed by atoms with Crippen LogP contribution in [0.15, 0.2) is 24.3 Å². The molecule has 1 nitrogen and oxygen atoms in total. The summed E-state index contributed by atoms with van der Waals surface area (Å²) in [5.74, 6) is 0. The van der Waals surface area contributed by atoms with Crippen molar-refractivity contribution in [2.75, 3.05) is 6.54 Å². The lowest BCUT2D eigenvalue weighted by molar-refractivity contribution is 0.345. The van der Waals surface area contributed by atoms with Gasteiger partial charge in [-0.2, -0.15) is 0 Å². The van der Waals surface area contributed by atoms with E-state index in [1.54, 1.807) is 0 Å². The van der Waals surface area contributed by atoms with E-state index in [1.165, 1.54) is 43.4 Å². The third-order valence-electron chi connectivity index (χ3n) is 3.98. The molecule has 1 heteroatoms. The maximum atomic E-state index is 3.74. The Morgan fingerprint density at radius 2 is 1.76 bits per heavy atom. The third-order valence-corrected chi connectivity index (χ3v) is 3.98. The molecule has 1 aliphatic rings. The fourth-order valence-electron chi connectivity index (χ4n) is 2.79. The smallest absolute Gasteiger partial charge is 0.0193 e. The Morgan fingerprint density at radius 3 is 2.47 bits per heavy atom. The van der Waals surface area contributed by atoms with Gasteiger partial charge < -0.3 is 5.32 Å². The molecule has 0 aliphatic carbocycles. The summed E-state index contributed by atoms with van der Waals surface area (Å²) in [5.41, 5.74) is 3.22. The molecule has 94 valence electrons. The van der Waals surface area contributed by atoms with Gasteiger partial charge in [0.25, 0.3) is 0 Å². The van der Waals surface area contributed by atoms with E-state index >= 15 is 0 Å². The number of hydrogen-bond donors (Lipinski definition) is 1. The SMILES string of the molecule is CCc1ccc(CC2(C)CCCCCN2)cc1. The summed E-state index contributed by atoms with van der Waals surface area (Å²) in [6.45, 7) is 5.78. The number of rotatable bonds is 3. The molecular formula is C16H25N. The highest BCUT2D eigenvalue weighted by Crippen LogP contribution is 2.23. The zero-order valence-corrected chi connectivity index (χ0v) is 11.3. The molecule has 1 aliphatic heterocycles. The minimum atomic E-state index is 0.310. The van der Waals surface area contributed by atoms with Gasteiger partial charge in [-0.3, -0.25) is 0 Å². The van der Waals surface area contributed by atoms with Crippen molar-refractivity contribution >= 4 is 0 Å². The average molecular weight is 231 g/mol. The fourth-order valence-corrected chi connectivity index (χ4v) is 2.79. The lowest BCUT2D eigenvalue weighted by Gasteiger charge is -2.29. The van der Waals surface area contributed by atoms with E-state index in [9.17, 15) is 0 Å². The first-order chi connectivity index (χ1) is 8.22. The zero-order chi connectivity index (χ0) is 12.1. The summed E-state index contributed by atoms with van der Waals surface area (Å²) in [6, 6.07) is 9.15. The van der Waals surface area contributed by atoms with Gasteiger partial charge in [0.05, 0.1) is 0 Å². The summed E-state index contributed by atoms with van der Waals surface area (Å²) in [4.78, 5) is 0. The van der Waals surface area contributed by atoms with Crippen molar-refractivity contribution in [2.24, 2.45) is 0 Å². The van der Waals surface area contributed by atoms with Crippen LogP contribution in [0.25, 0.3) is 0 Å². The van der Waals surface area contributed by atoms with Crippen molar-refractivity contribution in [3.63, 3.8) is 0 Å². The Hall–Kier alpha value is -0.820. The maximum Gasteiger partial charge on any atom is 0.0193 e. The van der Waals surface area contributed by atoms with Crippen LogP contribution in [0.2, 0.25) is 0 Å². The Bertz CT molecular complexity index is 331. The number of nitrogens with one attached hydrogen (secondary N) is 1. The predicted molar refractivity (Wildman–Crippen MR) is 74.4 cm³/mol. The van der Waals surface area contributed by atoms with Gasteiger partial charge in [-0.25, -0.2) is 0 Å². The summed E-state index contributed by atoms with van der Waals surface area (Å²) in [5, 5.41) is 3.74. The molecule has 2 rings (SSSR count). The van der Waals surface area contributed by atoms with Crippen molar-refractivity contribution in [1.29, 1.82) is 0 Å². The first kappa shape index (κ1) is 12.6. The van der Waals surface area contributed by atoms with Crippen LogP contribution in [0.5, 0.6) is 0 Å². The maximum absolute atomic E-state index is 3.74. The lowest BCUT2D eigenvalue weighted by Crippen LogP contribution is -2.43. The van der Waals surface area contributed by atoms with Gasteiger partial charge in [-0.1, -0.05) is 44.0 Å². The van der Waals surface area contributed by atoms with Crippen LogP contribution in [0.4, 0.5) is 0 Å². The van der Waals surface area contributed by atoms with Crippen LogP contribution in [0.3, 0.4) is 0 Å². The van der Waals surface area contributed by atoms with E-state index in [2.05, 4.69) is 43.4 Å². The second-order valence-corrected chi connectivity index (χ2v) is 5.64. The van der Waals surface area contributed by atoms with Gasteiger partial charge in [0.1, 0.15) is 0 Å². The number of aryl methyl sites for hydroxylation is 1. The van der Waals surface area contributed by atoms with Crippen molar-refractivity contribution in [1.82, 2.24) is 5.32 Å². The molecule has 1 fully saturated rings. The van der Waals surface area contributed by atoms with Crippen LogP contribution in [-0.2, 0) is 12.8 Å². The molecule has 0 amide bonds. The van der Waals surface area contributed by atoms with Gasteiger partial charge >= 0.3 is 0 Å². The van der Waals surface area contributed by atoms with Crippen molar-refractivity contribution < 1.29 is 0 Å². The molecule has 0 bridgehead atoms. The molecule has 1 aromatic carbocycles. The molecule has 1 heterocycles. The normalized spacial score (nSPS) is 25.5. The average Bonchev–Trinajstić information content (AvgIpc) is 2.55. The van der Waals surface area contributed by atoms with Crippen molar-refractivity contribution in [3.05, 3.63) is 35.4 Å². The van der Waals surface area contributed by atoms with E-state index in [-0.39, 0.29) is 0 Å². The Labute approximate surface area is 106 Å². The topological polar surface area (TPSA) is 12.0 Å². The fraction of sp³-hybridized carbons (Fsp3) is 0.625. The van der Waals surface area contributed by atoms with Crippen LogP contribution < -0.4 is 5.32 Å². The Balaban J connectivity index is 2.02. The van der Waals surface area contributed by atoms with E-state index in [0.717, 1.165) is 12.8 Å². The van der Waals surface area contributed by atoms with E-state index in [0.29, 0.717) is 5.54 Å². The van der Waals surface area contributed by atoms with Crippen LogP contribution in [0, 0.1) is 0 Å². The molecular weight excluding hydrogens is 206 g/mol. The highest BCUT2D eigenvalue weighted by molar-refractivity contribution is 5.24. The highest BCUT2D eigenvalue weighted by atomic mass is 15.0. The van der Waals surface area contributed by atoms with E-state index in [1.807, 2.05) is 0 Å². The first-order valence-corrected chi connectivity index (χ1v) is 7.05. The molecule has 0 spiro atoms. The molecule has 0 aromatic heterocycles. The minimum Gasteiger partial charge on any atom is -0.311 e. The second kappa shape index (κ2) is 5.68. The highest BCUT2D eigenvalue weighted by Gasteiger charge is 2.24. The molecule has 17 heavy (non-hydrogen) atoms. The molecule has 1 aromatic rings. The van der Waals surface area contributed by atoms with Crippen molar-refractivity contribution in [2.45, 2.75) is 57.9 Å². The van der Waals surface area contributed by atoms with E-state index in [4.69, 9.17) is 0 Å². The Kier molecular flexibility index (Phi) is 4.22. The lowest BCUT2D eigenvalue weighted by atomic mass is 9.88. The Morgan fingerprint density at radius 1 is 1.06 bits per heavy atom.